The number of carbonyl (C=O) groups is 2. The third-order valence-corrected chi connectivity index (χ3v) is 3.31. The molecule has 0 saturated carbocycles. The second kappa shape index (κ2) is 7.36. The maximum Gasteiger partial charge on any atom is 0.337 e. The van der Waals surface area contributed by atoms with Gasteiger partial charge in [-0.3, -0.25) is 9.78 Å². The predicted octanol–water partition coefficient (Wildman–Crippen LogP) is 3.00. The van der Waals surface area contributed by atoms with Gasteiger partial charge >= 0.3 is 5.97 Å². The van der Waals surface area contributed by atoms with Gasteiger partial charge in [-0.15, -0.1) is 0 Å². The van der Waals surface area contributed by atoms with Crippen LogP contribution < -0.4 is 5.32 Å². The summed E-state index contributed by atoms with van der Waals surface area (Å²) in [6.45, 7) is 1.97. The lowest BCUT2D eigenvalue weighted by Crippen LogP contribution is -2.15. The van der Waals surface area contributed by atoms with E-state index in [0.717, 1.165) is 5.56 Å². The van der Waals surface area contributed by atoms with Gasteiger partial charge in [0.1, 0.15) is 0 Å². The van der Waals surface area contributed by atoms with E-state index < -0.39 is 5.97 Å². The zero-order valence-electron chi connectivity index (χ0n) is 12.6. The number of aromatic nitrogens is 1. The van der Waals surface area contributed by atoms with Crippen molar-refractivity contribution in [1.82, 2.24) is 4.98 Å². The first kappa shape index (κ1) is 15.7. The van der Waals surface area contributed by atoms with Crippen molar-refractivity contribution in [2.24, 2.45) is 0 Å². The summed E-state index contributed by atoms with van der Waals surface area (Å²) < 4.78 is 4.66. The Kier molecular flexibility index (Phi) is 5.25. The first-order chi connectivity index (χ1) is 10.6. The number of amides is 1. The molecule has 1 aromatic heterocycles. The second-order valence-electron chi connectivity index (χ2n) is 5.01. The maximum absolute atomic E-state index is 12.1. The summed E-state index contributed by atoms with van der Waals surface area (Å²) in [7, 11) is 1.32. The standard InChI is InChI=1S/C17H18N2O3/c1-12(14-6-4-8-18-11-14)9-16(20)19-15-7-3-5-13(10-15)17(21)22-2/h3-8,10-12H,9H2,1-2H3,(H,19,20). The molecule has 0 saturated heterocycles. The minimum atomic E-state index is -0.431. The van der Waals surface area contributed by atoms with Crippen molar-refractivity contribution in [3.63, 3.8) is 0 Å². The number of ether oxygens (including phenoxy) is 1. The Bertz CT molecular complexity index is 656. The van der Waals surface area contributed by atoms with Gasteiger partial charge in [0.05, 0.1) is 12.7 Å². The van der Waals surface area contributed by atoms with E-state index in [9.17, 15) is 9.59 Å². The molecule has 1 heterocycles. The number of hydrogen-bond donors (Lipinski definition) is 1. The van der Waals surface area contributed by atoms with Gasteiger partial charge in [0.25, 0.3) is 0 Å². The highest BCUT2D eigenvalue weighted by molar-refractivity contribution is 5.94. The maximum atomic E-state index is 12.1. The molecule has 0 aliphatic heterocycles. The number of carbonyl (C=O) groups excluding carboxylic acids is 2. The van der Waals surface area contributed by atoms with E-state index in [1.54, 1.807) is 36.7 Å². The van der Waals surface area contributed by atoms with Gasteiger partial charge in [0.2, 0.25) is 5.91 Å². The Balaban J connectivity index is 1.99. The van der Waals surface area contributed by atoms with Crippen LogP contribution in [0.2, 0.25) is 0 Å². The number of hydrogen-bond acceptors (Lipinski definition) is 4. The lowest BCUT2D eigenvalue weighted by molar-refractivity contribution is -0.116. The fourth-order valence-corrected chi connectivity index (χ4v) is 2.12. The van der Waals surface area contributed by atoms with Crippen LogP contribution in [0, 0.1) is 0 Å². The van der Waals surface area contributed by atoms with Crippen LogP contribution in [0.15, 0.2) is 48.8 Å². The summed E-state index contributed by atoms with van der Waals surface area (Å²) in [4.78, 5) is 27.6. The van der Waals surface area contributed by atoms with E-state index in [1.807, 2.05) is 19.1 Å². The van der Waals surface area contributed by atoms with Crippen LogP contribution in [0.3, 0.4) is 0 Å². The zero-order valence-corrected chi connectivity index (χ0v) is 12.6. The van der Waals surface area contributed by atoms with Gasteiger partial charge in [-0.05, 0) is 35.7 Å². The van der Waals surface area contributed by atoms with Crippen LogP contribution in [-0.2, 0) is 9.53 Å². The molecule has 1 N–H and O–H groups in total. The number of nitrogens with zero attached hydrogens (tertiary/aromatic N) is 1. The zero-order chi connectivity index (χ0) is 15.9. The van der Waals surface area contributed by atoms with E-state index >= 15 is 0 Å². The van der Waals surface area contributed by atoms with Crippen molar-refractivity contribution in [3.05, 3.63) is 59.9 Å². The Hall–Kier alpha value is -2.69. The van der Waals surface area contributed by atoms with Crippen molar-refractivity contribution in [1.29, 1.82) is 0 Å². The average Bonchev–Trinajstić information content (AvgIpc) is 2.55. The van der Waals surface area contributed by atoms with E-state index in [2.05, 4.69) is 15.0 Å². The van der Waals surface area contributed by atoms with Gasteiger partial charge < -0.3 is 10.1 Å². The fourth-order valence-electron chi connectivity index (χ4n) is 2.12. The molecule has 22 heavy (non-hydrogen) atoms. The van der Waals surface area contributed by atoms with Crippen molar-refractivity contribution in [3.8, 4) is 0 Å². The van der Waals surface area contributed by atoms with E-state index in [4.69, 9.17) is 0 Å². The number of methoxy groups -OCH3 is 1. The first-order valence-corrected chi connectivity index (χ1v) is 6.98. The van der Waals surface area contributed by atoms with Crippen LogP contribution >= 0.6 is 0 Å². The van der Waals surface area contributed by atoms with Crippen molar-refractivity contribution in [2.45, 2.75) is 19.3 Å². The Labute approximate surface area is 129 Å². The van der Waals surface area contributed by atoms with E-state index in [-0.39, 0.29) is 11.8 Å². The van der Waals surface area contributed by atoms with Crippen LogP contribution in [0.25, 0.3) is 0 Å². The quantitative estimate of drug-likeness (QED) is 0.862. The molecule has 5 nitrogen and oxygen atoms in total. The summed E-state index contributed by atoms with van der Waals surface area (Å²) in [5, 5.41) is 2.79. The van der Waals surface area contributed by atoms with Gasteiger partial charge in [-0.2, -0.15) is 0 Å². The van der Waals surface area contributed by atoms with Crippen molar-refractivity contribution in [2.75, 3.05) is 12.4 Å². The third kappa shape index (κ3) is 4.15. The number of pyridine rings is 1. The minimum Gasteiger partial charge on any atom is -0.465 e. The summed E-state index contributed by atoms with van der Waals surface area (Å²) in [6.07, 6.45) is 3.80. The first-order valence-electron chi connectivity index (χ1n) is 6.98. The molecule has 0 aliphatic carbocycles. The number of esters is 1. The normalized spacial score (nSPS) is 11.5. The number of benzene rings is 1. The lowest BCUT2D eigenvalue weighted by Gasteiger charge is -2.12. The SMILES string of the molecule is COC(=O)c1cccc(NC(=O)CC(C)c2cccnc2)c1. The van der Waals surface area contributed by atoms with Crippen LogP contribution in [0.5, 0.6) is 0 Å². The van der Waals surface area contributed by atoms with Crippen LogP contribution in [0.1, 0.15) is 35.2 Å². The minimum absolute atomic E-state index is 0.0671. The van der Waals surface area contributed by atoms with E-state index in [0.29, 0.717) is 17.7 Å². The molecule has 2 rings (SSSR count). The molecule has 5 heteroatoms. The molecular formula is C17H18N2O3. The van der Waals surface area contributed by atoms with Gasteiger partial charge in [0.15, 0.2) is 0 Å². The van der Waals surface area contributed by atoms with Gasteiger partial charge in [-0.25, -0.2) is 4.79 Å². The summed E-state index contributed by atoms with van der Waals surface area (Å²) in [5.74, 6) is -0.476. The molecule has 1 aromatic carbocycles. The molecule has 2 aromatic rings. The molecular weight excluding hydrogens is 280 g/mol. The molecule has 1 unspecified atom stereocenters. The van der Waals surface area contributed by atoms with Gasteiger partial charge in [0, 0.05) is 24.5 Å². The Morgan fingerprint density at radius 3 is 2.77 bits per heavy atom. The molecule has 1 atom stereocenters. The smallest absolute Gasteiger partial charge is 0.337 e. The summed E-state index contributed by atoms with van der Waals surface area (Å²) >= 11 is 0. The van der Waals surface area contributed by atoms with Crippen LogP contribution in [-0.4, -0.2) is 24.0 Å². The van der Waals surface area contributed by atoms with Crippen LogP contribution in [0.4, 0.5) is 5.69 Å². The van der Waals surface area contributed by atoms with Gasteiger partial charge in [-0.1, -0.05) is 19.1 Å². The fraction of sp³-hybridized carbons (Fsp3) is 0.235. The highest BCUT2D eigenvalue weighted by atomic mass is 16.5. The summed E-state index contributed by atoms with van der Waals surface area (Å²) in [5.41, 5.74) is 1.99. The molecule has 0 bridgehead atoms. The van der Waals surface area contributed by atoms with E-state index in [1.165, 1.54) is 7.11 Å². The molecule has 0 fully saturated rings. The highest BCUT2D eigenvalue weighted by Gasteiger charge is 2.12. The monoisotopic (exact) mass is 298 g/mol. The number of rotatable bonds is 5. The number of nitrogens with one attached hydrogen (secondary N) is 1. The molecule has 114 valence electrons. The summed E-state index contributed by atoms with van der Waals surface area (Å²) in [6, 6.07) is 10.5. The molecule has 0 aliphatic rings. The Morgan fingerprint density at radius 1 is 1.27 bits per heavy atom. The molecule has 1 amide bonds. The largest absolute Gasteiger partial charge is 0.465 e. The molecule has 0 spiro atoms. The topological polar surface area (TPSA) is 68.3 Å². The average molecular weight is 298 g/mol. The predicted molar refractivity (Wildman–Crippen MR) is 83.7 cm³/mol. The number of anilines is 1. The lowest BCUT2D eigenvalue weighted by atomic mass is 9.99. The Morgan fingerprint density at radius 2 is 2.09 bits per heavy atom. The van der Waals surface area contributed by atoms with Crippen molar-refractivity contribution < 1.29 is 14.3 Å². The second-order valence-corrected chi connectivity index (χ2v) is 5.01. The highest BCUT2D eigenvalue weighted by Crippen LogP contribution is 2.19. The molecule has 0 radical (unpaired) electrons. The van der Waals surface area contributed by atoms with Crippen molar-refractivity contribution >= 4 is 17.6 Å². The third-order valence-electron chi connectivity index (χ3n) is 3.31.